The van der Waals surface area contributed by atoms with Crippen LogP contribution in [0.1, 0.15) is 6.04 Å². The molecule has 0 saturated carbocycles. The summed E-state index contributed by atoms with van der Waals surface area (Å²) in [5.41, 5.74) is 6.38. The van der Waals surface area contributed by atoms with Gasteiger partial charge in [0.2, 0.25) is 0 Å². The predicted octanol–water partition coefficient (Wildman–Crippen LogP) is 0.367. The largest absolute Gasteiger partial charge is 0.482 e. The summed E-state index contributed by atoms with van der Waals surface area (Å²) in [6.07, 6.45) is 2.97. The number of rotatable bonds is 6. The molecule has 1 fully saturated rings. The number of carbonyl (C=O) groups is 1. The maximum atomic E-state index is 12.4. The maximum Gasteiger partial charge on any atom is 0.263 e. The summed E-state index contributed by atoms with van der Waals surface area (Å²) in [5, 5.41) is 10.8. The van der Waals surface area contributed by atoms with Gasteiger partial charge in [0.15, 0.2) is 11.7 Å². The van der Waals surface area contributed by atoms with Gasteiger partial charge in [-0.25, -0.2) is 4.98 Å². The molecule has 1 aliphatic rings. The summed E-state index contributed by atoms with van der Waals surface area (Å²) < 4.78 is 12.0. The van der Waals surface area contributed by atoms with Gasteiger partial charge in [0.1, 0.15) is 23.4 Å². The Hall–Kier alpha value is -3.27. The molecule has 1 amide bonds. The van der Waals surface area contributed by atoms with Crippen LogP contribution in [0.4, 0.5) is 5.82 Å². The second-order valence-electron chi connectivity index (χ2n) is 5.48. The van der Waals surface area contributed by atoms with E-state index in [-0.39, 0.29) is 17.5 Å². The minimum Gasteiger partial charge on any atom is -0.482 e. The minimum absolute atomic E-state index is 0.0334. The minimum atomic E-state index is -0.478. The molecule has 0 unspecified atom stereocenters. The molecule has 0 radical (unpaired) electrons. The zero-order valence-corrected chi connectivity index (χ0v) is 14.4. The first-order valence-corrected chi connectivity index (χ1v) is 7.86. The zero-order chi connectivity index (χ0) is 18.5. The van der Waals surface area contributed by atoms with E-state index in [1.165, 1.54) is 20.4 Å². The second-order valence-corrected chi connectivity index (χ2v) is 5.48. The Morgan fingerprint density at radius 2 is 2.31 bits per heavy atom. The second kappa shape index (κ2) is 7.74. The first-order chi connectivity index (χ1) is 12.6. The first kappa shape index (κ1) is 17.5. The van der Waals surface area contributed by atoms with Crippen LogP contribution in [0.5, 0.6) is 0 Å². The number of carbonyl (C=O) groups excluding carboxylic acids is 1. The molecule has 10 nitrogen and oxygen atoms in total. The van der Waals surface area contributed by atoms with Crippen molar-refractivity contribution in [3.63, 3.8) is 0 Å². The highest BCUT2D eigenvalue weighted by Crippen LogP contribution is 2.24. The fraction of sp³-hybridized carbons (Fsp3) is 0.312. The van der Waals surface area contributed by atoms with Crippen LogP contribution in [0.15, 0.2) is 41.0 Å². The van der Waals surface area contributed by atoms with E-state index >= 15 is 0 Å². The van der Waals surface area contributed by atoms with E-state index in [1.807, 2.05) is 4.57 Å². The maximum absolute atomic E-state index is 12.4. The molecule has 3 N–H and O–H groups in total. The molecule has 10 heteroatoms. The van der Waals surface area contributed by atoms with Crippen molar-refractivity contribution in [2.75, 3.05) is 32.7 Å². The highest BCUT2D eigenvalue weighted by Gasteiger charge is 2.24. The number of pyridine rings is 1. The number of nitrogens with zero attached hydrogens (tertiary/aromatic N) is 5. The van der Waals surface area contributed by atoms with Crippen LogP contribution in [0, 0.1) is 0 Å². The third-order valence-corrected chi connectivity index (χ3v) is 3.79. The summed E-state index contributed by atoms with van der Waals surface area (Å²) in [6, 6.07) is 5.42. The molecule has 0 aromatic carbocycles. The fourth-order valence-corrected chi connectivity index (χ4v) is 2.36. The van der Waals surface area contributed by atoms with Crippen LogP contribution in [0.3, 0.4) is 0 Å². The molecule has 26 heavy (non-hydrogen) atoms. The topological polar surface area (TPSA) is 130 Å². The number of hydrogen-bond acceptors (Lipinski definition) is 8. The number of anilines is 1. The SMILES string of the molecule is CN=C/C(C(=O)Nc1cccc(-c2nncn2C2COC2)n1)=C(\N)OC. The third-order valence-electron chi connectivity index (χ3n) is 3.79. The predicted molar refractivity (Wildman–Crippen MR) is 94.4 cm³/mol. The Labute approximate surface area is 149 Å². The molecule has 3 rings (SSSR count). The van der Waals surface area contributed by atoms with Crippen LogP contribution in [-0.4, -0.2) is 59.2 Å². The molecule has 0 spiro atoms. The van der Waals surface area contributed by atoms with Gasteiger partial charge in [-0.15, -0.1) is 10.2 Å². The van der Waals surface area contributed by atoms with Crippen LogP contribution in [0.2, 0.25) is 0 Å². The molecular weight excluding hydrogens is 338 g/mol. The van der Waals surface area contributed by atoms with Crippen molar-refractivity contribution in [2.45, 2.75) is 6.04 Å². The van der Waals surface area contributed by atoms with Crippen molar-refractivity contribution in [1.82, 2.24) is 19.7 Å². The Morgan fingerprint density at radius 3 is 2.96 bits per heavy atom. The Kier molecular flexibility index (Phi) is 5.23. The van der Waals surface area contributed by atoms with Crippen molar-refractivity contribution >= 4 is 17.9 Å². The van der Waals surface area contributed by atoms with E-state index in [1.54, 1.807) is 24.5 Å². The fourth-order valence-electron chi connectivity index (χ4n) is 2.36. The Bertz CT molecular complexity index is 855. The normalized spacial score (nSPS) is 15.5. The lowest BCUT2D eigenvalue weighted by Crippen LogP contribution is -2.30. The smallest absolute Gasteiger partial charge is 0.263 e. The number of methoxy groups -OCH3 is 1. The summed E-state index contributed by atoms with van der Waals surface area (Å²) in [4.78, 5) is 20.7. The van der Waals surface area contributed by atoms with E-state index in [4.69, 9.17) is 15.2 Å². The molecule has 0 bridgehead atoms. The zero-order valence-electron chi connectivity index (χ0n) is 14.4. The van der Waals surface area contributed by atoms with Gasteiger partial charge >= 0.3 is 0 Å². The van der Waals surface area contributed by atoms with Gasteiger partial charge in [-0.1, -0.05) is 6.07 Å². The number of nitrogens with two attached hydrogens (primary N) is 1. The molecule has 136 valence electrons. The summed E-state index contributed by atoms with van der Waals surface area (Å²) in [7, 11) is 2.91. The van der Waals surface area contributed by atoms with Crippen LogP contribution in [-0.2, 0) is 14.3 Å². The molecular formula is C16H19N7O3. The van der Waals surface area contributed by atoms with Crippen LogP contribution >= 0.6 is 0 Å². The highest BCUT2D eigenvalue weighted by atomic mass is 16.5. The summed E-state index contributed by atoms with van der Waals surface area (Å²) in [5.74, 6) is 0.442. The lowest BCUT2D eigenvalue weighted by molar-refractivity contribution is -0.112. The van der Waals surface area contributed by atoms with E-state index < -0.39 is 5.91 Å². The number of nitrogens with one attached hydrogen (secondary N) is 1. The number of amides is 1. The lowest BCUT2D eigenvalue weighted by Gasteiger charge is -2.27. The Morgan fingerprint density at radius 1 is 1.50 bits per heavy atom. The van der Waals surface area contributed by atoms with E-state index in [2.05, 4.69) is 25.5 Å². The average molecular weight is 357 g/mol. The van der Waals surface area contributed by atoms with Crippen molar-refractivity contribution in [1.29, 1.82) is 0 Å². The van der Waals surface area contributed by atoms with Gasteiger partial charge < -0.3 is 25.1 Å². The average Bonchev–Trinajstić information content (AvgIpc) is 3.06. The van der Waals surface area contributed by atoms with Gasteiger partial charge in [-0.05, 0) is 12.1 Å². The standard InChI is InChI=1S/C16H19N7O3/c1-18-6-11(14(17)25-2)16(24)21-13-5-3-4-12(20-13)15-22-19-9-23(15)10-7-26-8-10/h3-6,9-10H,7-8,17H2,1-2H3,(H,20,21,24)/b14-11-,18-6?. The van der Waals surface area contributed by atoms with Crippen molar-refractivity contribution < 1.29 is 14.3 Å². The monoisotopic (exact) mass is 357 g/mol. The molecule has 1 saturated heterocycles. The van der Waals surface area contributed by atoms with E-state index in [0.717, 1.165) is 0 Å². The number of ether oxygens (including phenoxy) is 2. The van der Waals surface area contributed by atoms with Crippen LogP contribution < -0.4 is 11.1 Å². The summed E-state index contributed by atoms with van der Waals surface area (Å²) in [6.45, 7) is 1.23. The van der Waals surface area contributed by atoms with Gasteiger partial charge in [0, 0.05) is 13.3 Å². The highest BCUT2D eigenvalue weighted by molar-refractivity contribution is 6.17. The van der Waals surface area contributed by atoms with Gasteiger partial charge in [0.05, 0.1) is 26.4 Å². The van der Waals surface area contributed by atoms with E-state index in [9.17, 15) is 4.79 Å². The number of aliphatic imine (C=N–C) groups is 1. The molecule has 0 atom stereocenters. The Balaban J connectivity index is 1.84. The molecule has 1 aliphatic heterocycles. The molecule has 2 aromatic rings. The third kappa shape index (κ3) is 3.54. The molecule has 3 heterocycles. The first-order valence-electron chi connectivity index (χ1n) is 7.86. The van der Waals surface area contributed by atoms with Crippen molar-refractivity contribution in [2.24, 2.45) is 10.7 Å². The van der Waals surface area contributed by atoms with Gasteiger partial charge in [0.25, 0.3) is 5.91 Å². The summed E-state index contributed by atoms with van der Waals surface area (Å²) >= 11 is 0. The van der Waals surface area contributed by atoms with Crippen molar-refractivity contribution in [3.05, 3.63) is 36.0 Å². The number of aromatic nitrogens is 4. The van der Waals surface area contributed by atoms with Crippen molar-refractivity contribution in [3.8, 4) is 11.5 Å². The van der Waals surface area contributed by atoms with Gasteiger partial charge in [-0.3, -0.25) is 9.79 Å². The quantitative estimate of drug-likeness (QED) is 0.434. The molecule has 0 aliphatic carbocycles. The van der Waals surface area contributed by atoms with E-state index in [0.29, 0.717) is 30.5 Å². The molecule has 2 aromatic heterocycles. The number of hydrogen-bond donors (Lipinski definition) is 2. The van der Waals surface area contributed by atoms with Gasteiger partial charge in [-0.2, -0.15) is 0 Å². The lowest BCUT2D eigenvalue weighted by atomic mass is 10.2. The van der Waals surface area contributed by atoms with Crippen LogP contribution in [0.25, 0.3) is 11.5 Å².